The Balaban J connectivity index is 2.15. The lowest BCUT2D eigenvalue weighted by Crippen LogP contribution is -2.13. The zero-order valence-electron chi connectivity index (χ0n) is 16.1. The van der Waals surface area contributed by atoms with E-state index in [1.807, 2.05) is 31.2 Å². The normalized spacial score (nSPS) is 12.1. The lowest BCUT2D eigenvalue weighted by atomic mass is 9.99. The molecule has 156 valence electrons. The van der Waals surface area contributed by atoms with E-state index in [0.717, 1.165) is 22.5 Å². The van der Waals surface area contributed by atoms with Crippen LogP contribution < -0.4 is 11.5 Å². The number of aryl methyl sites for hydroxylation is 1. The van der Waals surface area contributed by atoms with E-state index in [2.05, 4.69) is 4.99 Å². The molecular formula is C20H19N3O4S3. The fourth-order valence-electron chi connectivity index (χ4n) is 2.91. The summed E-state index contributed by atoms with van der Waals surface area (Å²) in [5, 5.41) is 8.81. The summed E-state index contributed by atoms with van der Waals surface area (Å²) in [7, 11) is -3.91. The Hall–Kier alpha value is -2.82. The van der Waals surface area contributed by atoms with Gasteiger partial charge < -0.3 is 16.6 Å². The third-order valence-electron chi connectivity index (χ3n) is 4.38. The van der Waals surface area contributed by atoms with Crippen molar-refractivity contribution in [2.45, 2.75) is 20.9 Å². The van der Waals surface area contributed by atoms with E-state index < -0.39 is 15.9 Å². The van der Waals surface area contributed by atoms with Crippen LogP contribution in [0, 0.1) is 6.92 Å². The molecule has 0 aliphatic carbocycles. The number of nitrogens with zero attached hydrogens (tertiary/aromatic N) is 1. The standard InChI is InChI=1S/C20H19N3O4S3/c1-11-5-3-4-6-13(11)14-9-12(7-8-15(14)21)30(26,27)17-10-16(29-19(17)28-2)18(22)23-20(24)25/h3-10H,21H2,1-2H3,(H2,22,23)(H,24,25). The van der Waals surface area contributed by atoms with Crippen LogP contribution in [0.4, 0.5) is 10.5 Å². The summed E-state index contributed by atoms with van der Waals surface area (Å²) in [6.07, 6.45) is 0.290. The number of amides is 1. The maximum atomic E-state index is 13.4. The van der Waals surface area contributed by atoms with E-state index >= 15 is 0 Å². The van der Waals surface area contributed by atoms with Gasteiger partial charge in [-0.25, -0.2) is 13.2 Å². The molecule has 0 saturated heterocycles. The van der Waals surface area contributed by atoms with Gasteiger partial charge in [0.2, 0.25) is 9.84 Å². The Kier molecular flexibility index (Phi) is 6.20. The molecule has 0 radical (unpaired) electrons. The van der Waals surface area contributed by atoms with Gasteiger partial charge in [0.15, 0.2) is 0 Å². The Bertz CT molecular complexity index is 1260. The van der Waals surface area contributed by atoms with Crippen molar-refractivity contribution in [2.24, 2.45) is 10.7 Å². The van der Waals surface area contributed by atoms with Gasteiger partial charge in [0.25, 0.3) is 0 Å². The molecule has 1 amide bonds. The van der Waals surface area contributed by atoms with Gasteiger partial charge >= 0.3 is 6.09 Å². The van der Waals surface area contributed by atoms with E-state index in [1.54, 1.807) is 18.4 Å². The Labute approximate surface area is 182 Å². The minimum atomic E-state index is -3.91. The Morgan fingerprint density at radius 1 is 1.13 bits per heavy atom. The number of benzene rings is 2. The maximum Gasteiger partial charge on any atom is 0.433 e. The van der Waals surface area contributed by atoms with Gasteiger partial charge in [-0.1, -0.05) is 24.3 Å². The number of nitrogen functional groups attached to an aromatic ring is 1. The molecule has 2 aromatic carbocycles. The van der Waals surface area contributed by atoms with Crippen LogP contribution in [0.3, 0.4) is 0 Å². The number of nitrogens with two attached hydrogens (primary N) is 2. The fourth-order valence-corrected chi connectivity index (χ4v) is 6.83. The molecule has 1 aromatic heterocycles. The van der Waals surface area contributed by atoms with Gasteiger partial charge in [-0.2, -0.15) is 4.99 Å². The number of anilines is 1. The number of carboxylic acid groups (broad SMARTS) is 1. The van der Waals surface area contributed by atoms with Crippen molar-refractivity contribution < 1.29 is 18.3 Å². The van der Waals surface area contributed by atoms with Crippen LogP contribution in [-0.2, 0) is 9.84 Å². The first-order chi connectivity index (χ1) is 14.1. The highest BCUT2D eigenvalue weighted by Crippen LogP contribution is 2.39. The summed E-state index contributed by atoms with van der Waals surface area (Å²) in [4.78, 5) is 14.5. The summed E-state index contributed by atoms with van der Waals surface area (Å²) >= 11 is 2.31. The van der Waals surface area contributed by atoms with Crippen molar-refractivity contribution in [3.05, 3.63) is 59.0 Å². The smallest absolute Gasteiger partial charge is 0.433 e. The summed E-state index contributed by atoms with van der Waals surface area (Å²) in [6, 6.07) is 13.5. The van der Waals surface area contributed by atoms with E-state index in [4.69, 9.17) is 16.6 Å². The molecule has 0 aliphatic heterocycles. The van der Waals surface area contributed by atoms with Crippen molar-refractivity contribution in [2.75, 3.05) is 12.0 Å². The zero-order valence-corrected chi connectivity index (χ0v) is 18.6. The van der Waals surface area contributed by atoms with Crippen molar-refractivity contribution in [3.8, 4) is 11.1 Å². The average Bonchev–Trinajstić information content (AvgIpc) is 3.14. The summed E-state index contributed by atoms with van der Waals surface area (Å²) in [5.74, 6) is -0.248. The molecule has 0 fully saturated rings. The monoisotopic (exact) mass is 461 g/mol. The second-order valence-electron chi connectivity index (χ2n) is 6.31. The molecule has 3 aromatic rings. The number of amidine groups is 1. The number of aliphatic imine (C=N–C) groups is 1. The zero-order chi connectivity index (χ0) is 22.1. The van der Waals surface area contributed by atoms with Gasteiger partial charge in [0.1, 0.15) is 5.84 Å². The second-order valence-corrected chi connectivity index (χ2v) is 10.4. The minimum absolute atomic E-state index is 0.0547. The highest BCUT2D eigenvalue weighted by atomic mass is 32.2. The van der Waals surface area contributed by atoms with Gasteiger partial charge in [0.05, 0.1) is 18.9 Å². The summed E-state index contributed by atoms with van der Waals surface area (Å²) in [6.45, 7) is 1.93. The third-order valence-corrected chi connectivity index (χ3v) is 8.71. The van der Waals surface area contributed by atoms with Crippen LogP contribution in [0.2, 0.25) is 0 Å². The van der Waals surface area contributed by atoms with Crippen LogP contribution in [0.1, 0.15) is 10.4 Å². The first-order valence-electron chi connectivity index (χ1n) is 8.61. The first-order valence-corrected chi connectivity index (χ1v) is 12.1. The Morgan fingerprint density at radius 2 is 1.83 bits per heavy atom. The highest BCUT2D eigenvalue weighted by molar-refractivity contribution is 8.01. The molecule has 1 heterocycles. The lowest BCUT2D eigenvalue weighted by molar-refractivity contribution is 0.205. The largest absolute Gasteiger partial charge is 0.463 e. The first kappa shape index (κ1) is 21.9. The molecule has 0 bridgehead atoms. The SMILES string of the molecule is CSc1sc(/C(N)=N\C(=O)O)cc1S(=O)(=O)c1ccc(N)c(-c2ccccc2C)c1. The predicted molar refractivity (Wildman–Crippen MR) is 121 cm³/mol. The number of thioether (sulfide) groups is 1. The van der Waals surface area contributed by atoms with E-state index in [1.165, 1.54) is 23.9 Å². The van der Waals surface area contributed by atoms with E-state index in [0.29, 0.717) is 15.5 Å². The van der Waals surface area contributed by atoms with Gasteiger partial charge in [0, 0.05) is 11.3 Å². The van der Waals surface area contributed by atoms with Crippen LogP contribution in [-0.4, -0.2) is 31.7 Å². The highest BCUT2D eigenvalue weighted by Gasteiger charge is 2.26. The second kappa shape index (κ2) is 8.50. The molecular weight excluding hydrogens is 442 g/mol. The molecule has 0 unspecified atom stereocenters. The number of sulfone groups is 1. The molecule has 0 saturated carbocycles. The topological polar surface area (TPSA) is 136 Å². The van der Waals surface area contributed by atoms with E-state index in [-0.39, 0.29) is 20.5 Å². The Morgan fingerprint density at radius 3 is 2.47 bits per heavy atom. The van der Waals surface area contributed by atoms with Crippen molar-refractivity contribution in [3.63, 3.8) is 0 Å². The fraction of sp³-hybridized carbons (Fsp3) is 0.100. The quantitative estimate of drug-likeness (QED) is 0.224. The van der Waals surface area contributed by atoms with Crippen LogP contribution in [0.5, 0.6) is 0 Å². The molecule has 5 N–H and O–H groups in total. The third kappa shape index (κ3) is 4.20. The lowest BCUT2D eigenvalue weighted by Gasteiger charge is -2.12. The molecule has 30 heavy (non-hydrogen) atoms. The summed E-state index contributed by atoms with van der Waals surface area (Å²) < 4.78 is 27.3. The molecule has 0 spiro atoms. The minimum Gasteiger partial charge on any atom is -0.463 e. The molecule has 0 atom stereocenters. The number of hydrogen-bond acceptors (Lipinski definition) is 6. The molecule has 10 heteroatoms. The number of hydrogen-bond donors (Lipinski definition) is 3. The van der Waals surface area contributed by atoms with Crippen LogP contribution in [0.25, 0.3) is 11.1 Å². The molecule has 0 aliphatic rings. The maximum absolute atomic E-state index is 13.4. The van der Waals surface area contributed by atoms with E-state index in [9.17, 15) is 13.2 Å². The number of rotatable bonds is 5. The predicted octanol–water partition coefficient (Wildman–Crippen LogP) is 4.24. The van der Waals surface area contributed by atoms with Gasteiger partial charge in [-0.3, -0.25) is 0 Å². The number of carbonyl (C=O) groups is 1. The summed E-state index contributed by atoms with van der Waals surface area (Å²) in [5.41, 5.74) is 14.8. The molecule has 7 nitrogen and oxygen atoms in total. The molecule has 3 rings (SSSR count). The van der Waals surface area contributed by atoms with Gasteiger partial charge in [-0.15, -0.1) is 23.1 Å². The van der Waals surface area contributed by atoms with Crippen LogP contribution >= 0.6 is 23.1 Å². The number of thiophene rings is 1. The average molecular weight is 462 g/mol. The van der Waals surface area contributed by atoms with Crippen molar-refractivity contribution in [1.29, 1.82) is 0 Å². The van der Waals surface area contributed by atoms with Crippen LogP contribution in [0.15, 0.2) is 67.5 Å². The van der Waals surface area contributed by atoms with Crippen molar-refractivity contribution >= 4 is 50.6 Å². The van der Waals surface area contributed by atoms with Gasteiger partial charge in [-0.05, 0) is 48.6 Å². The van der Waals surface area contributed by atoms with Crippen molar-refractivity contribution in [1.82, 2.24) is 0 Å².